The van der Waals surface area contributed by atoms with E-state index in [0.29, 0.717) is 12.0 Å². The summed E-state index contributed by atoms with van der Waals surface area (Å²) in [7, 11) is 0. The number of hydrogen-bond donors (Lipinski definition) is 1. The molecular weight excluding hydrogens is 308 g/mol. The second-order valence-electron chi connectivity index (χ2n) is 6.76. The Balaban J connectivity index is 1.41. The number of aromatic nitrogens is 3. The number of nitrogens with zero attached hydrogens (tertiary/aromatic N) is 3. The maximum absolute atomic E-state index is 12.2. The van der Waals surface area contributed by atoms with Gasteiger partial charge in [0.05, 0.1) is 17.4 Å². The topological polar surface area (TPSA) is 59.8 Å². The Kier molecular flexibility index (Phi) is 3.93. The van der Waals surface area contributed by atoms with Crippen molar-refractivity contribution in [1.82, 2.24) is 14.8 Å². The van der Waals surface area contributed by atoms with E-state index in [-0.39, 0.29) is 11.6 Å². The fourth-order valence-corrected chi connectivity index (χ4v) is 4.12. The second-order valence-corrected chi connectivity index (χ2v) is 7.62. The van der Waals surface area contributed by atoms with Gasteiger partial charge in [0, 0.05) is 23.4 Å². The molecule has 0 aliphatic heterocycles. The van der Waals surface area contributed by atoms with E-state index in [2.05, 4.69) is 20.8 Å². The summed E-state index contributed by atoms with van der Waals surface area (Å²) < 4.78 is 1.75. The van der Waals surface area contributed by atoms with Crippen molar-refractivity contribution in [3.05, 3.63) is 39.3 Å². The molecule has 2 saturated carbocycles. The Morgan fingerprint density at radius 3 is 2.61 bits per heavy atom. The van der Waals surface area contributed by atoms with Crippen molar-refractivity contribution in [2.45, 2.75) is 63.5 Å². The molecule has 2 heterocycles. The molecule has 0 saturated heterocycles. The lowest BCUT2D eigenvalue weighted by Crippen LogP contribution is -2.33. The first kappa shape index (κ1) is 14.9. The molecule has 2 aliphatic rings. The van der Waals surface area contributed by atoms with Crippen LogP contribution in [0, 0.1) is 6.92 Å². The van der Waals surface area contributed by atoms with E-state index in [4.69, 9.17) is 0 Å². The van der Waals surface area contributed by atoms with Gasteiger partial charge in [-0.1, -0.05) is 0 Å². The number of anilines is 1. The standard InChI is InChI=1S/C17H22N4OS/c1-11-10-23-17(18-11)19-13-4-6-14(7-5-13)21-16(22)9-8-15(20-21)12-2-3-12/h8-10,12-14H,2-7H2,1H3,(H,18,19). The van der Waals surface area contributed by atoms with Crippen LogP contribution in [0.4, 0.5) is 5.13 Å². The van der Waals surface area contributed by atoms with Crippen molar-refractivity contribution < 1.29 is 0 Å². The molecule has 2 aliphatic carbocycles. The van der Waals surface area contributed by atoms with Crippen molar-refractivity contribution in [3.8, 4) is 0 Å². The van der Waals surface area contributed by atoms with Crippen LogP contribution in [0.2, 0.25) is 0 Å². The fourth-order valence-electron chi connectivity index (χ4n) is 3.36. The van der Waals surface area contributed by atoms with Crippen LogP contribution < -0.4 is 10.9 Å². The number of thiazole rings is 1. The van der Waals surface area contributed by atoms with Crippen LogP contribution in [0.25, 0.3) is 0 Å². The molecule has 1 N–H and O–H groups in total. The van der Waals surface area contributed by atoms with Gasteiger partial charge in [0.15, 0.2) is 5.13 Å². The molecule has 0 atom stereocenters. The molecule has 0 amide bonds. The average Bonchev–Trinajstić information content (AvgIpc) is 3.32. The summed E-state index contributed by atoms with van der Waals surface area (Å²) >= 11 is 1.67. The quantitative estimate of drug-likeness (QED) is 0.932. The van der Waals surface area contributed by atoms with Gasteiger partial charge >= 0.3 is 0 Å². The first-order valence-electron chi connectivity index (χ1n) is 8.47. The van der Waals surface area contributed by atoms with Crippen molar-refractivity contribution in [2.75, 3.05) is 5.32 Å². The first-order chi connectivity index (χ1) is 11.2. The number of rotatable bonds is 4. The summed E-state index contributed by atoms with van der Waals surface area (Å²) in [6, 6.07) is 4.31. The summed E-state index contributed by atoms with van der Waals surface area (Å²) in [6.07, 6.45) is 6.56. The number of hydrogen-bond acceptors (Lipinski definition) is 5. The van der Waals surface area contributed by atoms with Crippen LogP contribution in [-0.2, 0) is 0 Å². The van der Waals surface area contributed by atoms with Gasteiger partial charge in [-0.2, -0.15) is 5.10 Å². The molecule has 0 radical (unpaired) electrons. The van der Waals surface area contributed by atoms with Gasteiger partial charge in [-0.25, -0.2) is 9.67 Å². The second kappa shape index (κ2) is 6.07. The zero-order chi connectivity index (χ0) is 15.8. The highest BCUT2D eigenvalue weighted by Crippen LogP contribution is 2.38. The molecule has 6 heteroatoms. The van der Waals surface area contributed by atoms with E-state index < -0.39 is 0 Å². The molecule has 2 aromatic rings. The van der Waals surface area contributed by atoms with Gasteiger partial charge in [0.1, 0.15) is 0 Å². The molecular formula is C17H22N4OS. The summed E-state index contributed by atoms with van der Waals surface area (Å²) in [5.74, 6) is 0.591. The van der Waals surface area contributed by atoms with E-state index in [1.165, 1.54) is 12.8 Å². The normalized spacial score (nSPS) is 24.6. The molecule has 2 aromatic heterocycles. The molecule has 0 unspecified atom stereocenters. The highest BCUT2D eigenvalue weighted by Gasteiger charge is 2.28. The highest BCUT2D eigenvalue weighted by atomic mass is 32.1. The zero-order valence-corrected chi connectivity index (χ0v) is 14.2. The summed E-state index contributed by atoms with van der Waals surface area (Å²) in [4.78, 5) is 16.6. The van der Waals surface area contributed by atoms with Crippen LogP contribution in [0.1, 0.15) is 61.9 Å². The van der Waals surface area contributed by atoms with Crippen LogP contribution in [0.3, 0.4) is 0 Å². The van der Waals surface area contributed by atoms with Crippen molar-refractivity contribution in [3.63, 3.8) is 0 Å². The van der Waals surface area contributed by atoms with Gasteiger partial charge < -0.3 is 5.32 Å². The SMILES string of the molecule is Cc1csc(NC2CCC(n3nc(C4CC4)ccc3=O)CC2)n1. The van der Waals surface area contributed by atoms with Crippen molar-refractivity contribution in [2.24, 2.45) is 0 Å². The molecule has 0 aromatic carbocycles. The van der Waals surface area contributed by atoms with E-state index in [9.17, 15) is 4.79 Å². The van der Waals surface area contributed by atoms with Crippen molar-refractivity contribution in [1.29, 1.82) is 0 Å². The lowest BCUT2D eigenvalue weighted by atomic mass is 9.91. The van der Waals surface area contributed by atoms with E-state index in [0.717, 1.165) is 42.2 Å². The summed E-state index contributed by atoms with van der Waals surface area (Å²) in [5, 5.41) is 11.3. The molecule has 0 bridgehead atoms. The lowest BCUT2D eigenvalue weighted by molar-refractivity contribution is 0.301. The summed E-state index contributed by atoms with van der Waals surface area (Å²) in [5.41, 5.74) is 2.21. The highest BCUT2D eigenvalue weighted by molar-refractivity contribution is 7.13. The van der Waals surface area contributed by atoms with Gasteiger partial charge in [-0.05, 0) is 51.5 Å². The van der Waals surface area contributed by atoms with E-state index >= 15 is 0 Å². The zero-order valence-electron chi connectivity index (χ0n) is 13.4. The molecule has 23 heavy (non-hydrogen) atoms. The van der Waals surface area contributed by atoms with Crippen LogP contribution in [-0.4, -0.2) is 20.8 Å². The van der Waals surface area contributed by atoms with Crippen LogP contribution in [0.15, 0.2) is 22.3 Å². The maximum Gasteiger partial charge on any atom is 0.267 e. The molecule has 2 fully saturated rings. The van der Waals surface area contributed by atoms with E-state index in [1.54, 1.807) is 22.1 Å². The largest absolute Gasteiger partial charge is 0.359 e. The van der Waals surface area contributed by atoms with Gasteiger partial charge in [0.2, 0.25) is 0 Å². The smallest absolute Gasteiger partial charge is 0.267 e. The minimum Gasteiger partial charge on any atom is -0.359 e. The minimum atomic E-state index is 0.0429. The summed E-state index contributed by atoms with van der Waals surface area (Å²) in [6.45, 7) is 2.02. The Bertz CT molecular complexity index is 741. The van der Waals surface area contributed by atoms with Gasteiger partial charge in [-0.3, -0.25) is 4.79 Å². The molecule has 4 rings (SSSR count). The van der Waals surface area contributed by atoms with Gasteiger partial charge in [-0.15, -0.1) is 11.3 Å². The molecule has 122 valence electrons. The number of nitrogens with one attached hydrogen (secondary N) is 1. The Morgan fingerprint density at radius 1 is 1.17 bits per heavy atom. The minimum absolute atomic E-state index is 0.0429. The third kappa shape index (κ3) is 3.32. The molecule has 5 nitrogen and oxygen atoms in total. The predicted molar refractivity (Wildman–Crippen MR) is 92.2 cm³/mol. The Morgan fingerprint density at radius 2 is 1.96 bits per heavy atom. The Hall–Kier alpha value is -1.69. The van der Waals surface area contributed by atoms with Crippen LogP contribution in [0.5, 0.6) is 0 Å². The third-order valence-electron chi connectivity index (χ3n) is 4.83. The monoisotopic (exact) mass is 330 g/mol. The van der Waals surface area contributed by atoms with Crippen molar-refractivity contribution >= 4 is 16.5 Å². The lowest BCUT2D eigenvalue weighted by Gasteiger charge is -2.29. The van der Waals surface area contributed by atoms with Gasteiger partial charge in [0.25, 0.3) is 5.56 Å². The fraction of sp³-hybridized carbons (Fsp3) is 0.588. The van der Waals surface area contributed by atoms with E-state index in [1.807, 2.05) is 13.0 Å². The Labute approximate surface area is 139 Å². The maximum atomic E-state index is 12.2. The molecule has 0 spiro atoms. The average molecular weight is 330 g/mol. The first-order valence-corrected chi connectivity index (χ1v) is 9.35. The number of aryl methyl sites for hydroxylation is 1. The predicted octanol–water partition coefficient (Wildman–Crippen LogP) is 3.48. The third-order valence-corrected chi connectivity index (χ3v) is 5.72. The van der Waals surface area contributed by atoms with Crippen LogP contribution >= 0.6 is 11.3 Å².